The van der Waals surface area contributed by atoms with Crippen LogP contribution in [0.2, 0.25) is 0 Å². The maximum Gasteiger partial charge on any atom is 0.416 e. The number of anilines is 1. The number of carbonyl (C=O) groups is 2. The number of hydrogen-bond acceptors (Lipinski definition) is 5. The van der Waals surface area contributed by atoms with Gasteiger partial charge in [0.05, 0.1) is 18.4 Å². The molecule has 0 aromatic heterocycles. The summed E-state index contributed by atoms with van der Waals surface area (Å²) >= 11 is 0. The molecule has 2 aromatic carbocycles. The van der Waals surface area contributed by atoms with Crippen LogP contribution in [0.15, 0.2) is 47.6 Å². The van der Waals surface area contributed by atoms with Crippen molar-refractivity contribution < 1.29 is 32.2 Å². The fraction of sp³-hybridized carbons (Fsp3) is 0.211. The highest BCUT2D eigenvalue weighted by Crippen LogP contribution is 2.31. The lowest BCUT2D eigenvalue weighted by molar-refractivity contribution is -0.137. The summed E-state index contributed by atoms with van der Waals surface area (Å²) in [5.74, 6) is -0.0866. The number of nitrogens with zero attached hydrogens (tertiary/aromatic N) is 1. The molecular formula is C19H19F3N4O4. The Labute approximate surface area is 169 Å². The molecule has 0 atom stereocenters. The molecule has 0 saturated carbocycles. The number of amides is 3. The molecule has 0 heterocycles. The summed E-state index contributed by atoms with van der Waals surface area (Å²) < 4.78 is 49.1. The highest BCUT2D eigenvalue weighted by molar-refractivity contribution is 5.92. The average molecular weight is 424 g/mol. The highest BCUT2D eigenvalue weighted by atomic mass is 19.4. The summed E-state index contributed by atoms with van der Waals surface area (Å²) in [6.45, 7) is 1.61. The average Bonchev–Trinajstić information content (AvgIpc) is 2.67. The molecule has 2 rings (SSSR count). The van der Waals surface area contributed by atoms with Crippen LogP contribution in [-0.4, -0.2) is 31.4 Å². The summed E-state index contributed by atoms with van der Waals surface area (Å²) in [7, 11) is 0. The number of nitrogens with two attached hydrogens (primary N) is 1. The lowest BCUT2D eigenvalue weighted by Gasteiger charge is -2.13. The number of ether oxygens (including phenoxy) is 2. The Hall–Kier alpha value is -3.76. The summed E-state index contributed by atoms with van der Waals surface area (Å²) in [5, 5.41) is 5.98. The maximum absolute atomic E-state index is 12.8. The number of halogens is 3. The molecule has 0 aliphatic carbocycles. The minimum absolute atomic E-state index is 0.00281. The zero-order valence-corrected chi connectivity index (χ0v) is 15.8. The van der Waals surface area contributed by atoms with Gasteiger partial charge >= 0.3 is 12.2 Å². The fourth-order valence-corrected chi connectivity index (χ4v) is 2.28. The number of nitrogens with one attached hydrogen (secondary N) is 2. The van der Waals surface area contributed by atoms with Gasteiger partial charge in [0, 0.05) is 5.69 Å². The first kappa shape index (κ1) is 22.5. The largest absolute Gasteiger partial charge is 0.490 e. The minimum Gasteiger partial charge on any atom is -0.490 e. The molecule has 8 nitrogen and oxygen atoms in total. The van der Waals surface area contributed by atoms with Gasteiger partial charge in [0.15, 0.2) is 18.1 Å². The van der Waals surface area contributed by atoms with Gasteiger partial charge in [0.2, 0.25) is 0 Å². The van der Waals surface area contributed by atoms with E-state index in [0.717, 1.165) is 12.1 Å². The molecular weight excluding hydrogens is 405 g/mol. The van der Waals surface area contributed by atoms with E-state index in [2.05, 4.69) is 10.4 Å². The van der Waals surface area contributed by atoms with Gasteiger partial charge in [-0.15, -0.1) is 0 Å². The molecule has 2 aromatic rings. The number of primary amides is 1. The molecule has 0 radical (unpaired) electrons. The van der Waals surface area contributed by atoms with E-state index in [1.165, 1.54) is 24.4 Å². The second kappa shape index (κ2) is 10.1. The first-order chi connectivity index (χ1) is 14.2. The van der Waals surface area contributed by atoms with Crippen molar-refractivity contribution in [2.45, 2.75) is 13.1 Å². The summed E-state index contributed by atoms with van der Waals surface area (Å²) in [6.07, 6.45) is -3.18. The molecule has 0 aliphatic rings. The van der Waals surface area contributed by atoms with E-state index >= 15 is 0 Å². The number of benzene rings is 2. The molecule has 0 aliphatic heterocycles. The highest BCUT2D eigenvalue weighted by Gasteiger charge is 2.30. The van der Waals surface area contributed by atoms with Crippen molar-refractivity contribution in [2.75, 3.05) is 18.5 Å². The van der Waals surface area contributed by atoms with Crippen molar-refractivity contribution in [3.05, 3.63) is 53.6 Å². The number of alkyl halides is 3. The van der Waals surface area contributed by atoms with E-state index < -0.39 is 30.3 Å². The van der Waals surface area contributed by atoms with Crippen molar-refractivity contribution in [2.24, 2.45) is 10.8 Å². The SMILES string of the molecule is CCOc1cc(/C=N\NC(N)=O)ccc1OCC(=O)Nc1cccc(C(F)(F)F)c1. The number of hydrogen-bond donors (Lipinski definition) is 3. The molecule has 0 spiro atoms. The smallest absolute Gasteiger partial charge is 0.416 e. The maximum atomic E-state index is 12.8. The Morgan fingerprint density at radius 2 is 1.90 bits per heavy atom. The third-order valence-electron chi connectivity index (χ3n) is 3.49. The number of rotatable bonds is 8. The van der Waals surface area contributed by atoms with E-state index in [0.29, 0.717) is 17.9 Å². The molecule has 0 saturated heterocycles. The second-order valence-electron chi connectivity index (χ2n) is 5.79. The van der Waals surface area contributed by atoms with Gasteiger partial charge in [-0.3, -0.25) is 4.79 Å². The van der Waals surface area contributed by atoms with E-state index in [1.54, 1.807) is 19.1 Å². The van der Waals surface area contributed by atoms with Crippen LogP contribution in [0.5, 0.6) is 11.5 Å². The van der Waals surface area contributed by atoms with E-state index in [4.69, 9.17) is 15.2 Å². The van der Waals surface area contributed by atoms with Crippen LogP contribution in [0.1, 0.15) is 18.1 Å². The molecule has 11 heteroatoms. The van der Waals surface area contributed by atoms with Crippen LogP contribution < -0.4 is 25.9 Å². The number of urea groups is 1. The summed E-state index contributed by atoms with van der Waals surface area (Å²) in [4.78, 5) is 22.7. The zero-order valence-electron chi connectivity index (χ0n) is 15.8. The predicted molar refractivity (Wildman–Crippen MR) is 103 cm³/mol. The van der Waals surface area contributed by atoms with Crippen LogP contribution >= 0.6 is 0 Å². The van der Waals surface area contributed by atoms with Gasteiger partial charge < -0.3 is 20.5 Å². The predicted octanol–water partition coefficient (Wildman–Crippen LogP) is 3.12. The monoisotopic (exact) mass is 424 g/mol. The van der Waals surface area contributed by atoms with Gasteiger partial charge in [0.25, 0.3) is 5.91 Å². The van der Waals surface area contributed by atoms with Crippen molar-refractivity contribution in [1.82, 2.24) is 5.43 Å². The van der Waals surface area contributed by atoms with E-state index in [9.17, 15) is 22.8 Å². The zero-order chi connectivity index (χ0) is 22.1. The lowest BCUT2D eigenvalue weighted by Crippen LogP contribution is -2.24. The molecule has 3 amide bonds. The molecule has 0 fully saturated rings. The van der Waals surface area contributed by atoms with Gasteiger partial charge in [-0.1, -0.05) is 6.07 Å². The van der Waals surface area contributed by atoms with Gasteiger partial charge in [-0.2, -0.15) is 18.3 Å². The van der Waals surface area contributed by atoms with E-state index in [-0.39, 0.29) is 11.4 Å². The van der Waals surface area contributed by atoms with Crippen LogP contribution in [0.3, 0.4) is 0 Å². The molecule has 160 valence electrons. The Kier molecular flexibility index (Phi) is 7.62. The van der Waals surface area contributed by atoms with Gasteiger partial charge in [0.1, 0.15) is 0 Å². The molecule has 0 unspecified atom stereocenters. The van der Waals surface area contributed by atoms with Gasteiger partial charge in [-0.05, 0) is 48.9 Å². The standard InChI is InChI=1S/C19H19F3N4O4/c1-2-29-16-8-12(10-24-26-18(23)28)6-7-15(16)30-11-17(27)25-14-5-3-4-13(9-14)19(20,21)22/h3-10H,2,11H2,1H3,(H,25,27)(H3,23,26,28)/b24-10-. The van der Waals surface area contributed by atoms with Crippen LogP contribution in [0.25, 0.3) is 0 Å². The first-order valence-electron chi connectivity index (χ1n) is 8.64. The van der Waals surface area contributed by atoms with Crippen LogP contribution in [-0.2, 0) is 11.0 Å². The number of hydrazone groups is 1. The van der Waals surface area contributed by atoms with Crippen LogP contribution in [0, 0.1) is 0 Å². The second-order valence-corrected chi connectivity index (χ2v) is 5.79. The Morgan fingerprint density at radius 3 is 2.57 bits per heavy atom. The summed E-state index contributed by atoms with van der Waals surface area (Å²) in [6, 6.07) is 8.14. The van der Waals surface area contributed by atoms with Gasteiger partial charge in [-0.25, -0.2) is 10.2 Å². The van der Waals surface area contributed by atoms with Crippen LogP contribution in [0.4, 0.5) is 23.7 Å². The fourth-order valence-electron chi connectivity index (χ4n) is 2.28. The quantitative estimate of drug-likeness (QED) is 0.446. The topological polar surface area (TPSA) is 115 Å². The normalized spacial score (nSPS) is 11.2. The van der Waals surface area contributed by atoms with Crippen molar-refractivity contribution in [3.8, 4) is 11.5 Å². The Bertz CT molecular complexity index is 932. The molecule has 4 N–H and O–H groups in total. The van der Waals surface area contributed by atoms with E-state index in [1.807, 2.05) is 5.43 Å². The molecule has 0 bridgehead atoms. The number of carbonyl (C=O) groups excluding carboxylic acids is 2. The minimum atomic E-state index is -4.51. The third-order valence-corrected chi connectivity index (χ3v) is 3.49. The Balaban J connectivity index is 2.02. The molecule has 30 heavy (non-hydrogen) atoms. The van der Waals surface area contributed by atoms with Crippen molar-refractivity contribution >= 4 is 23.8 Å². The van der Waals surface area contributed by atoms with Crippen molar-refractivity contribution in [3.63, 3.8) is 0 Å². The first-order valence-corrected chi connectivity index (χ1v) is 8.64. The lowest BCUT2D eigenvalue weighted by atomic mass is 10.2. The summed E-state index contributed by atoms with van der Waals surface area (Å²) in [5.41, 5.74) is 6.65. The third kappa shape index (κ3) is 7.00. The Morgan fingerprint density at radius 1 is 1.13 bits per heavy atom. The van der Waals surface area contributed by atoms with Crippen molar-refractivity contribution in [1.29, 1.82) is 0 Å².